The van der Waals surface area contributed by atoms with Gasteiger partial charge in [-0.1, -0.05) is 0 Å². The van der Waals surface area contributed by atoms with Crippen molar-refractivity contribution in [1.82, 2.24) is 4.90 Å². The number of carboxylic acids is 1. The zero-order valence-electron chi connectivity index (χ0n) is 7.92. The first-order valence-electron chi connectivity index (χ1n) is 3.72. The maximum Gasteiger partial charge on any atom is 0.317 e. The Morgan fingerprint density at radius 2 is 1.83 bits per heavy atom. The van der Waals surface area contributed by atoms with E-state index in [1.54, 1.807) is 20.9 Å². The number of carboxylic acid groups (broad SMARTS) is 1. The molecule has 1 N–H and O–H groups in total. The molecule has 0 unspecified atom stereocenters. The lowest BCUT2D eigenvalue weighted by atomic mass is 9.99. The van der Waals surface area contributed by atoms with Crippen LogP contribution in [0, 0.1) is 0 Å². The maximum atomic E-state index is 11.1. The molecule has 0 rings (SSSR count). The molecule has 0 aliphatic rings. The van der Waals surface area contributed by atoms with Crippen LogP contribution in [0.1, 0.15) is 20.8 Å². The molecule has 0 radical (unpaired) electrons. The first kappa shape index (κ1) is 11.1. The maximum absolute atomic E-state index is 11.1. The smallest absolute Gasteiger partial charge is 0.317 e. The van der Waals surface area contributed by atoms with Crippen molar-refractivity contribution in [1.29, 1.82) is 0 Å². The van der Waals surface area contributed by atoms with E-state index in [9.17, 15) is 9.59 Å². The molecule has 0 fully saturated rings. The van der Waals surface area contributed by atoms with Crippen LogP contribution >= 0.6 is 0 Å². The van der Waals surface area contributed by atoms with E-state index in [4.69, 9.17) is 5.11 Å². The van der Waals surface area contributed by atoms with Crippen molar-refractivity contribution in [2.24, 2.45) is 0 Å². The molecule has 0 aromatic rings. The van der Waals surface area contributed by atoms with E-state index >= 15 is 0 Å². The molecule has 0 saturated heterocycles. The number of ketones is 1. The molecule has 0 atom stereocenters. The Morgan fingerprint density at radius 3 is 2.08 bits per heavy atom. The molecule has 0 heterocycles. The predicted octanol–water partition coefficient (Wildman–Crippen LogP) is 0.370. The highest BCUT2D eigenvalue weighted by molar-refractivity contribution is 5.85. The summed E-state index contributed by atoms with van der Waals surface area (Å²) in [5.74, 6) is -0.960. The van der Waals surface area contributed by atoms with Crippen molar-refractivity contribution in [3.63, 3.8) is 0 Å². The summed E-state index contributed by atoms with van der Waals surface area (Å²) in [4.78, 5) is 22.9. The van der Waals surface area contributed by atoms with E-state index in [1.165, 1.54) is 11.8 Å². The van der Waals surface area contributed by atoms with Gasteiger partial charge in [-0.05, 0) is 27.8 Å². The van der Waals surface area contributed by atoms with Crippen LogP contribution in [0.2, 0.25) is 0 Å². The lowest BCUT2D eigenvalue weighted by molar-refractivity contribution is -0.140. The van der Waals surface area contributed by atoms with E-state index in [-0.39, 0.29) is 12.3 Å². The van der Waals surface area contributed by atoms with Gasteiger partial charge in [0.05, 0.1) is 12.1 Å². The molecule has 0 bridgehead atoms. The van der Waals surface area contributed by atoms with Gasteiger partial charge in [-0.3, -0.25) is 14.5 Å². The minimum absolute atomic E-state index is 0.0359. The Bertz CT molecular complexity index is 198. The fourth-order valence-corrected chi connectivity index (χ4v) is 0.669. The monoisotopic (exact) mass is 173 g/mol. The second kappa shape index (κ2) is 3.67. The van der Waals surface area contributed by atoms with Crippen molar-refractivity contribution < 1.29 is 14.7 Å². The number of carbonyl (C=O) groups is 2. The summed E-state index contributed by atoms with van der Waals surface area (Å²) >= 11 is 0. The third-order valence-electron chi connectivity index (χ3n) is 2.19. The number of nitrogens with zero attached hydrogens (tertiary/aromatic N) is 1. The van der Waals surface area contributed by atoms with Gasteiger partial charge in [0.1, 0.15) is 5.78 Å². The van der Waals surface area contributed by atoms with E-state index in [0.717, 1.165) is 0 Å². The largest absolute Gasteiger partial charge is 0.480 e. The van der Waals surface area contributed by atoms with Crippen LogP contribution in [0.15, 0.2) is 0 Å². The molecule has 0 spiro atoms. The summed E-state index contributed by atoms with van der Waals surface area (Å²) in [5, 5.41) is 8.48. The molecule has 0 aromatic carbocycles. The van der Waals surface area contributed by atoms with Gasteiger partial charge in [0.25, 0.3) is 0 Å². The number of likely N-dealkylation sites (N-methyl/N-ethyl adjacent to an activating group) is 1. The van der Waals surface area contributed by atoms with Crippen molar-refractivity contribution in [2.45, 2.75) is 26.3 Å². The van der Waals surface area contributed by atoms with Crippen LogP contribution in [-0.2, 0) is 9.59 Å². The topological polar surface area (TPSA) is 57.6 Å². The summed E-state index contributed by atoms with van der Waals surface area (Å²) in [6.45, 7) is 4.75. The molecular weight excluding hydrogens is 158 g/mol. The minimum Gasteiger partial charge on any atom is -0.480 e. The van der Waals surface area contributed by atoms with Gasteiger partial charge in [-0.25, -0.2) is 0 Å². The van der Waals surface area contributed by atoms with Gasteiger partial charge in [0, 0.05) is 0 Å². The average Bonchev–Trinajstić information content (AvgIpc) is 1.85. The summed E-state index contributed by atoms with van der Waals surface area (Å²) in [6, 6.07) is 0. The number of carbonyl (C=O) groups excluding carboxylic acids is 1. The molecule has 12 heavy (non-hydrogen) atoms. The van der Waals surface area contributed by atoms with Crippen LogP contribution in [0.4, 0.5) is 0 Å². The van der Waals surface area contributed by atoms with Gasteiger partial charge < -0.3 is 5.11 Å². The lowest BCUT2D eigenvalue weighted by Gasteiger charge is -2.31. The van der Waals surface area contributed by atoms with Gasteiger partial charge in [0.2, 0.25) is 0 Å². The molecule has 0 amide bonds. The zero-order chi connectivity index (χ0) is 9.94. The first-order chi connectivity index (χ1) is 5.28. The quantitative estimate of drug-likeness (QED) is 0.667. The molecule has 0 aliphatic carbocycles. The molecular formula is C8H15NO3. The number of Topliss-reactive ketones (excluding diaryl/α,β-unsaturated/α-hetero) is 1. The van der Waals surface area contributed by atoms with Crippen LogP contribution in [0.25, 0.3) is 0 Å². The molecule has 0 aromatic heterocycles. The first-order valence-corrected chi connectivity index (χ1v) is 3.72. The standard InChI is InChI=1S/C8H15NO3/c1-6(10)8(2,3)9(4)5-7(11)12/h5H2,1-4H3,(H,11,12). The van der Waals surface area contributed by atoms with Crippen LogP contribution < -0.4 is 0 Å². The lowest BCUT2D eigenvalue weighted by Crippen LogP contribution is -2.48. The van der Waals surface area contributed by atoms with E-state index in [1.807, 2.05) is 0 Å². The molecule has 4 nitrogen and oxygen atoms in total. The third-order valence-corrected chi connectivity index (χ3v) is 2.19. The second-order valence-electron chi connectivity index (χ2n) is 3.37. The summed E-state index contributed by atoms with van der Waals surface area (Å²) < 4.78 is 0. The van der Waals surface area contributed by atoms with Gasteiger partial charge in [-0.2, -0.15) is 0 Å². The van der Waals surface area contributed by atoms with E-state index < -0.39 is 11.5 Å². The van der Waals surface area contributed by atoms with E-state index in [2.05, 4.69) is 0 Å². The van der Waals surface area contributed by atoms with Crippen molar-refractivity contribution in [2.75, 3.05) is 13.6 Å². The zero-order valence-corrected chi connectivity index (χ0v) is 7.92. The fraction of sp³-hybridized carbons (Fsp3) is 0.750. The Morgan fingerprint density at radius 1 is 1.42 bits per heavy atom. The minimum atomic E-state index is -0.924. The highest BCUT2D eigenvalue weighted by Gasteiger charge is 2.29. The molecule has 4 heteroatoms. The number of rotatable bonds is 4. The number of hydrogen-bond donors (Lipinski definition) is 1. The SMILES string of the molecule is CC(=O)C(C)(C)N(C)CC(=O)O. The van der Waals surface area contributed by atoms with Gasteiger partial charge in [-0.15, -0.1) is 0 Å². The highest BCUT2D eigenvalue weighted by Crippen LogP contribution is 2.12. The van der Waals surface area contributed by atoms with Gasteiger partial charge >= 0.3 is 5.97 Å². The predicted molar refractivity (Wildman–Crippen MR) is 45.0 cm³/mol. The number of aliphatic carboxylic acids is 1. The highest BCUT2D eigenvalue weighted by atomic mass is 16.4. The summed E-state index contributed by atoms with van der Waals surface area (Å²) in [5.41, 5.74) is -0.696. The van der Waals surface area contributed by atoms with E-state index in [0.29, 0.717) is 0 Å². The summed E-state index contributed by atoms with van der Waals surface area (Å²) in [7, 11) is 1.62. The number of hydrogen-bond acceptors (Lipinski definition) is 3. The summed E-state index contributed by atoms with van der Waals surface area (Å²) in [6.07, 6.45) is 0. The van der Waals surface area contributed by atoms with Crippen LogP contribution in [-0.4, -0.2) is 40.9 Å². The Balaban J connectivity index is 4.35. The van der Waals surface area contributed by atoms with Crippen molar-refractivity contribution in [3.05, 3.63) is 0 Å². The third kappa shape index (κ3) is 2.62. The van der Waals surface area contributed by atoms with Crippen molar-refractivity contribution in [3.8, 4) is 0 Å². The molecule has 0 saturated carbocycles. The Labute approximate surface area is 72.2 Å². The average molecular weight is 173 g/mol. The van der Waals surface area contributed by atoms with Crippen LogP contribution in [0.5, 0.6) is 0 Å². The second-order valence-corrected chi connectivity index (χ2v) is 3.37. The molecule has 70 valence electrons. The fourth-order valence-electron chi connectivity index (χ4n) is 0.669. The Hall–Kier alpha value is -0.900. The van der Waals surface area contributed by atoms with Crippen LogP contribution in [0.3, 0.4) is 0 Å². The molecule has 0 aliphatic heterocycles. The normalized spacial score (nSPS) is 11.8. The van der Waals surface area contributed by atoms with Gasteiger partial charge in [0.15, 0.2) is 0 Å². The van der Waals surface area contributed by atoms with Crippen molar-refractivity contribution >= 4 is 11.8 Å². The Kier molecular flexibility index (Phi) is 3.39.